The molecular weight excluding hydrogens is 208 g/mol. The van der Waals surface area contributed by atoms with Crippen molar-refractivity contribution in [2.75, 3.05) is 0 Å². The number of carboxylic acid groups (broad SMARTS) is 1. The lowest BCUT2D eigenvalue weighted by atomic mass is 10.1. The number of nitrogens with zero attached hydrogens (tertiary/aromatic N) is 2. The van der Waals surface area contributed by atoms with Gasteiger partial charge in [0.05, 0.1) is 12.5 Å². The monoisotopic (exact) mass is 216 g/mol. The molecular formula is C11H8N2O3. The van der Waals surface area contributed by atoms with Gasteiger partial charge >= 0.3 is 5.97 Å². The molecule has 0 aliphatic carbocycles. The van der Waals surface area contributed by atoms with E-state index in [4.69, 9.17) is 14.8 Å². The Balaban J connectivity index is 2.38. The van der Waals surface area contributed by atoms with E-state index >= 15 is 0 Å². The summed E-state index contributed by atoms with van der Waals surface area (Å²) >= 11 is 0. The molecule has 1 heterocycles. The number of carbonyl (C=O) groups is 1. The van der Waals surface area contributed by atoms with Crippen molar-refractivity contribution in [1.82, 2.24) is 4.98 Å². The third-order valence-electron chi connectivity index (χ3n) is 2.08. The summed E-state index contributed by atoms with van der Waals surface area (Å²) in [4.78, 5) is 14.6. The smallest absolute Gasteiger partial charge is 0.307 e. The van der Waals surface area contributed by atoms with Crippen LogP contribution in [0.2, 0.25) is 0 Å². The zero-order valence-electron chi connectivity index (χ0n) is 8.30. The second kappa shape index (κ2) is 4.03. The van der Waals surface area contributed by atoms with Gasteiger partial charge in [-0.2, -0.15) is 5.26 Å². The Hall–Kier alpha value is -2.35. The second-order valence-electron chi connectivity index (χ2n) is 3.32. The predicted molar refractivity (Wildman–Crippen MR) is 54.7 cm³/mol. The molecule has 0 saturated carbocycles. The first-order valence-corrected chi connectivity index (χ1v) is 4.66. The molecule has 0 fully saturated rings. The van der Waals surface area contributed by atoms with Crippen LogP contribution >= 0.6 is 0 Å². The van der Waals surface area contributed by atoms with E-state index in [9.17, 15) is 4.79 Å². The van der Waals surface area contributed by atoms with Crippen LogP contribution in [0.25, 0.3) is 11.1 Å². The van der Waals surface area contributed by atoms with E-state index in [1.165, 1.54) is 0 Å². The summed E-state index contributed by atoms with van der Waals surface area (Å²) in [5, 5.41) is 17.1. The molecule has 0 aliphatic heterocycles. The number of fused-ring (bicyclic) bond motifs is 1. The van der Waals surface area contributed by atoms with E-state index in [-0.39, 0.29) is 12.8 Å². The number of rotatable bonds is 3. The maximum absolute atomic E-state index is 10.5. The Morgan fingerprint density at radius 1 is 1.56 bits per heavy atom. The summed E-state index contributed by atoms with van der Waals surface area (Å²) in [6.45, 7) is 0. The average Bonchev–Trinajstić information content (AvgIpc) is 2.59. The fraction of sp³-hybridized carbons (Fsp3) is 0.182. The minimum Gasteiger partial charge on any atom is -0.481 e. The van der Waals surface area contributed by atoms with E-state index in [2.05, 4.69) is 4.98 Å². The van der Waals surface area contributed by atoms with Gasteiger partial charge in [-0.15, -0.1) is 0 Å². The van der Waals surface area contributed by atoms with Gasteiger partial charge in [-0.05, 0) is 17.7 Å². The number of benzene rings is 1. The van der Waals surface area contributed by atoms with Crippen molar-refractivity contribution >= 4 is 17.1 Å². The van der Waals surface area contributed by atoms with Gasteiger partial charge < -0.3 is 9.52 Å². The SMILES string of the molecule is N#CCc1nc2cc(CC(=O)O)ccc2o1. The normalized spacial score (nSPS) is 10.2. The first-order chi connectivity index (χ1) is 7.69. The number of aliphatic carboxylic acids is 1. The molecule has 80 valence electrons. The summed E-state index contributed by atoms with van der Waals surface area (Å²) in [7, 11) is 0. The van der Waals surface area contributed by atoms with Gasteiger partial charge in [-0.3, -0.25) is 4.79 Å². The number of oxazole rings is 1. The fourth-order valence-electron chi connectivity index (χ4n) is 1.45. The standard InChI is InChI=1S/C11H8N2O3/c12-4-3-10-13-8-5-7(6-11(14)15)1-2-9(8)16-10/h1-2,5H,3,6H2,(H,14,15). The molecule has 5 nitrogen and oxygen atoms in total. The number of hydrogen-bond acceptors (Lipinski definition) is 4. The van der Waals surface area contributed by atoms with Gasteiger partial charge in [-0.25, -0.2) is 4.98 Å². The highest BCUT2D eigenvalue weighted by Crippen LogP contribution is 2.17. The van der Waals surface area contributed by atoms with E-state index < -0.39 is 5.97 Å². The van der Waals surface area contributed by atoms with Gasteiger partial charge in [0.15, 0.2) is 5.58 Å². The predicted octanol–water partition coefficient (Wildman–Crippen LogP) is 1.52. The number of hydrogen-bond donors (Lipinski definition) is 1. The quantitative estimate of drug-likeness (QED) is 0.840. The Labute approximate surface area is 90.9 Å². The van der Waals surface area contributed by atoms with Gasteiger partial charge in [0.2, 0.25) is 5.89 Å². The highest BCUT2D eigenvalue weighted by Gasteiger charge is 2.07. The molecule has 1 aromatic carbocycles. The van der Waals surface area contributed by atoms with Crippen LogP contribution in [0, 0.1) is 11.3 Å². The van der Waals surface area contributed by atoms with Crippen molar-refractivity contribution in [1.29, 1.82) is 5.26 Å². The maximum atomic E-state index is 10.5. The third-order valence-corrected chi connectivity index (χ3v) is 2.08. The van der Waals surface area contributed by atoms with E-state index in [1.54, 1.807) is 18.2 Å². The van der Waals surface area contributed by atoms with Crippen LogP contribution in [0.4, 0.5) is 0 Å². The number of aromatic nitrogens is 1. The summed E-state index contributed by atoms with van der Waals surface area (Å²) in [5.74, 6) is -0.537. The maximum Gasteiger partial charge on any atom is 0.307 e. The molecule has 1 aromatic heterocycles. The van der Waals surface area contributed by atoms with Crippen molar-refractivity contribution in [2.45, 2.75) is 12.8 Å². The molecule has 0 atom stereocenters. The molecule has 16 heavy (non-hydrogen) atoms. The lowest BCUT2D eigenvalue weighted by Gasteiger charge is -1.94. The molecule has 0 unspecified atom stereocenters. The molecule has 0 aliphatic rings. The first-order valence-electron chi connectivity index (χ1n) is 4.66. The minimum atomic E-state index is -0.889. The Kier molecular flexibility index (Phi) is 2.56. The number of nitriles is 1. The third kappa shape index (κ3) is 2.01. The van der Waals surface area contributed by atoms with Crippen molar-refractivity contribution in [3.63, 3.8) is 0 Å². The zero-order chi connectivity index (χ0) is 11.5. The Morgan fingerprint density at radius 2 is 2.38 bits per heavy atom. The van der Waals surface area contributed by atoms with Gasteiger partial charge in [0.25, 0.3) is 0 Å². The molecule has 2 rings (SSSR count). The highest BCUT2D eigenvalue weighted by molar-refractivity contribution is 5.76. The second-order valence-corrected chi connectivity index (χ2v) is 3.32. The van der Waals surface area contributed by atoms with Crippen molar-refractivity contribution < 1.29 is 14.3 Å². The van der Waals surface area contributed by atoms with Crippen LogP contribution in [0.15, 0.2) is 22.6 Å². The van der Waals surface area contributed by atoms with Crippen molar-refractivity contribution in [3.8, 4) is 6.07 Å². The van der Waals surface area contributed by atoms with Crippen LogP contribution in [-0.2, 0) is 17.6 Å². The zero-order valence-corrected chi connectivity index (χ0v) is 8.30. The van der Waals surface area contributed by atoms with Crippen LogP contribution in [0.5, 0.6) is 0 Å². The lowest BCUT2D eigenvalue weighted by molar-refractivity contribution is -0.136. The van der Waals surface area contributed by atoms with Crippen molar-refractivity contribution in [3.05, 3.63) is 29.7 Å². The largest absolute Gasteiger partial charge is 0.481 e. The number of carboxylic acids is 1. The molecule has 2 aromatic rings. The average molecular weight is 216 g/mol. The lowest BCUT2D eigenvalue weighted by Crippen LogP contribution is -1.99. The Bertz CT molecular complexity index is 580. The first kappa shape index (κ1) is 10.2. The molecule has 0 bridgehead atoms. The van der Waals surface area contributed by atoms with E-state index in [1.807, 2.05) is 6.07 Å². The molecule has 0 amide bonds. The van der Waals surface area contributed by atoms with Crippen LogP contribution in [0.1, 0.15) is 11.5 Å². The fourth-order valence-corrected chi connectivity index (χ4v) is 1.45. The highest BCUT2D eigenvalue weighted by atomic mass is 16.4. The topological polar surface area (TPSA) is 87.1 Å². The molecule has 0 saturated heterocycles. The molecule has 1 N–H and O–H groups in total. The molecule has 0 spiro atoms. The van der Waals surface area contributed by atoms with Gasteiger partial charge in [0, 0.05) is 0 Å². The summed E-state index contributed by atoms with van der Waals surface area (Å²) in [6, 6.07) is 6.95. The molecule has 0 radical (unpaired) electrons. The van der Waals surface area contributed by atoms with E-state index in [0.717, 1.165) is 0 Å². The van der Waals surface area contributed by atoms with Crippen LogP contribution < -0.4 is 0 Å². The summed E-state index contributed by atoms with van der Waals surface area (Å²) < 4.78 is 5.29. The van der Waals surface area contributed by atoms with Crippen LogP contribution in [-0.4, -0.2) is 16.1 Å². The summed E-state index contributed by atoms with van der Waals surface area (Å²) in [5.41, 5.74) is 1.82. The van der Waals surface area contributed by atoms with Gasteiger partial charge in [-0.1, -0.05) is 6.07 Å². The minimum absolute atomic E-state index is 0.0453. The van der Waals surface area contributed by atoms with E-state index in [0.29, 0.717) is 22.6 Å². The van der Waals surface area contributed by atoms with Gasteiger partial charge in [0.1, 0.15) is 11.9 Å². The summed E-state index contributed by atoms with van der Waals surface area (Å²) in [6.07, 6.45) is 0.0688. The van der Waals surface area contributed by atoms with Crippen LogP contribution in [0.3, 0.4) is 0 Å². The van der Waals surface area contributed by atoms with Crippen molar-refractivity contribution in [2.24, 2.45) is 0 Å². The Morgan fingerprint density at radius 3 is 3.06 bits per heavy atom. The molecule has 5 heteroatoms.